The number of nitrogens with one attached hydrogen (secondary N) is 1. The molecule has 2 saturated heterocycles. The quantitative estimate of drug-likeness (QED) is 0.485. The number of hydrogen-bond acceptors (Lipinski definition) is 5. The minimum absolute atomic E-state index is 0. The van der Waals surface area contributed by atoms with E-state index in [1.807, 2.05) is 4.90 Å². The van der Waals surface area contributed by atoms with Gasteiger partial charge in [-0.15, -0.1) is 0 Å². The highest BCUT2D eigenvalue weighted by atomic mass is 19.4. The maximum Gasteiger partial charge on any atom is 0.396 e. The van der Waals surface area contributed by atoms with Crippen molar-refractivity contribution in [1.82, 2.24) is 4.98 Å². The lowest BCUT2D eigenvalue weighted by molar-refractivity contribution is -0.130. The summed E-state index contributed by atoms with van der Waals surface area (Å²) in [6.07, 6.45) is -1.86. The lowest BCUT2D eigenvalue weighted by Crippen LogP contribution is -2.56. The number of fused-ring (bicyclic) bond motifs is 1. The highest BCUT2D eigenvalue weighted by Crippen LogP contribution is 2.46. The Kier molecular flexibility index (Phi) is 5.96. The molecule has 1 aromatic carbocycles. The molecule has 192 valence electrons. The SMILES string of the molecule is CCC1(CC)CN(c2nc(C(=O)Nc3ccc(N4CCC5CC5C4)c(F)c3)c(CC(F)(F)F)o2)C1.[HH]. The minimum atomic E-state index is -4.57. The fraction of sp³-hybridized carbons (Fsp3) is 0.600. The first kappa shape index (κ1) is 23.9. The van der Waals surface area contributed by atoms with Crippen LogP contribution < -0.4 is 15.1 Å². The first-order valence-electron chi connectivity index (χ1n) is 12.3. The number of anilines is 3. The molecule has 3 fully saturated rings. The molecular formula is C25H32F4N4O2. The van der Waals surface area contributed by atoms with Crippen molar-refractivity contribution in [3.63, 3.8) is 0 Å². The lowest BCUT2D eigenvalue weighted by atomic mass is 9.75. The molecule has 2 aliphatic heterocycles. The van der Waals surface area contributed by atoms with E-state index in [1.165, 1.54) is 12.5 Å². The van der Waals surface area contributed by atoms with Gasteiger partial charge < -0.3 is 19.5 Å². The smallest absolute Gasteiger partial charge is 0.396 e. The van der Waals surface area contributed by atoms with Gasteiger partial charge in [-0.2, -0.15) is 18.2 Å². The van der Waals surface area contributed by atoms with E-state index in [9.17, 15) is 22.4 Å². The van der Waals surface area contributed by atoms with Crippen LogP contribution in [0, 0.1) is 23.1 Å². The van der Waals surface area contributed by atoms with Crippen molar-refractivity contribution < 1.29 is 28.2 Å². The van der Waals surface area contributed by atoms with Gasteiger partial charge in [0, 0.05) is 38.7 Å². The highest BCUT2D eigenvalue weighted by Gasteiger charge is 2.44. The van der Waals surface area contributed by atoms with Crippen LogP contribution in [0.15, 0.2) is 22.6 Å². The maximum absolute atomic E-state index is 14.9. The topological polar surface area (TPSA) is 61.6 Å². The molecule has 2 aromatic rings. The molecule has 5 rings (SSSR count). The average molecular weight is 497 g/mol. The van der Waals surface area contributed by atoms with Crippen molar-refractivity contribution >= 4 is 23.3 Å². The van der Waals surface area contributed by atoms with Crippen LogP contribution in [0.2, 0.25) is 0 Å². The summed E-state index contributed by atoms with van der Waals surface area (Å²) >= 11 is 0. The van der Waals surface area contributed by atoms with E-state index in [-0.39, 0.29) is 18.5 Å². The molecule has 0 spiro atoms. The number of carbonyl (C=O) groups is 1. The van der Waals surface area contributed by atoms with Gasteiger partial charge in [0.1, 0.15) is 18.0 Å². The highest BCUT2D eigenvalue weighted by molar-refractivity contribution is 6.04. The Morgan fingerprint density at radius 1 is 1.23 bits per heavy atom. The molecule has 3 heterocycles. The standard InChI is InChI=1S/C25H30F4N4O2.H2/c1-3-24(4-2)13-33(14-24)23-31-21(20(35-23)11-25(27,28)29)22(34)30-17-5-6-19(18(26)10-17)32-8-7-15-9-16(15)12-32;/h5-6,10,15-16H,3-4,7-9,11-14H2,1-2H3,(H,30,34);1H. The Balaban J connectivity index is 0.00000304. The molecule has 0 bridgehead atoms. The van der Waals surface area contributed by atoms with Crippen molar-refractivity contribution in [2.75, 3.05) is 41.3 Å². The van der Waals surface area contributed by atoms with Crippen molar-refractivity contribution in [1.29, 1.82) is 0 Å². The lowest BCUT2D eigenvalue weighted by Gasteiger charge is -2.49. The molecule has 2 unspecified atom stereocenters. The predicted octanol–water partition coefficient (Wildman–Crippen LogP) is 5.89. The van der Waals surface area contributed by atoms with Crippen molar-refractivity contribution in [3.05, 3.63) is 35.5 Å². The fourth-order valence-corrected chi connectivity index (χ4v) is 5.38. The summed E-state index contributed by atoms with van der Waals surface area (Å²) in [6, 6.07) is 4.37. The predicted molar refractivity (Wildman–Crippen MR) is 126 cm³/mol. The largest absolute Gasteiger partial charge is 0.427 e. The number of rotatable bonds is 7. The summed E-state index contributed by atoms with van der Waals surface area (Å²) in [5.74, 6) is -0.484. The zero-order chi connectivity index (χ0) is 25.0. The molecule has 1 saturated carbocycles. The van der Waals surface area contributed by atoms with Crippen LogP contribution in [0.4, 0.5) is 35.0 Å². The molecule has 1 aromatic heterocycles. The van der Waals surface area contributed by atoms with Crippen LogP contribution in [-0.2, 0) is 6.42 Å². The zero-order valence-corrected chi connectivity index (χ0v) is 19.9. The molecule has 1 aliphatic carbocycles. The molecule has 10 heteroatoms. The van der Waals surface area contributed by atoms with Crippen LogP contribution in [-0.4, -0.2) is 43.2 Å². The summed E-state index contributed by atoms with van der Waals surface area (Å²) < 4.78 is 59.8. The van der Waals surface area contributed by atoms with Gasteiger partial charge in [-0.05, 0) is 55.7 Å². The number of nitrogens with zero attached hydrogens (tertiary/aromatic N) is 3. The van der Waals surface area contributed by atoms with Gasteiger partial charge in [0.15, 0.2) is 5.69 Å². The van der Waals surface area contributed by atoms with Gasteiger partial charge >= 0.3 is 6.18 Å². The number of piperidine rings is 1. The van der Waals surface area contributed by atoms with Crippen LogP contribution in [0.5, 0.6) is 0 Å². The van der Waals surface area contributed by atoms with Crippen molar-refractivity contribution in [2.24, 2.45) is 17.3 Å². The third-order valence-corrected chi connectivity index (χ3v) is 7.93. The van der Waals surface area contributed by atoms with Gasteiger partial charge in [0.05, 0.1) is 5.69 Å². The van der Waals surface area contributed by atoms with Gasteiger partial charge in [0.25, 0.3) is 11.9 Å². The van der Waals surface area contributed by atoms with Gasteiger partial charge in [-0.1, -0.05) is 13.8 Å². The Labute approximate surface area is 203 Å². The Hall–Kier alpha value is -2.78. The van der Waals surface area contributed by atoms with Crippen LogP contribution in [0.25, 0.3) is 0 Å². The molecule has 1 amide bonds. The Morgan fingerprint density at radius 3 is 2.60 bits per heavy atom. The number of amides is 1. The van der Waals surface area contributed by atoms with E-state index >= 15 is 0 Å². The summed E-state index contributed by atoms with van der Waals surface area (Å²) in [5, 5.41) is 2.49. The van der Waals surface area contributed by atoms with E-state index < -0.39 is 35.8 Å². The number of carbonyl (C=O) groups excluding carboxylic acids is 1. The van der Waals surface area contributed by atoms with Crippen LogP contribution in [0.1, 0.15) is 57.2 Å². The second kappa shape index (κ2) is 8.71. The zero-order valence-electron chi connectivity index (χ0n) is 19.9. The van der Waals surface area contributed by atoms with Crippen LogP contribution >= 0.6 is 0 Å². The number of alkyl halides is 3. The summed E-state index contributed by atoms with van der Waals surface area (Å²) in [6.45, 7) is 6.98. The molecule has 6 nitrogen and oxygen atoms in total. The number of aromatic nitrogens is 1. The fourth-order valence-electron chi connectivity index (χ4n) is 5.38. The maximum atomic E-state index is 14.9. The van der Waals surface area contributed by atoms with E-state index in [2.05, 4.69) is 24.1 Å². The van der Waals surface area contributed by atoms with E-state index in [1.54, 1.807) is 17.0 Å². The Bertz CT molecular complexity index is 1110. The second-order valence-corrected chi connectivity index (χ2v) is 10.2. The van der Waals surface area contributed by atoms with E-state index in [0.717, 1.165) is 38.3 Å². The van der Waals surface area contributed by atoms with Crippen molar-refractivity contribution in [3.8, 4) is 0 Å². The minimum Gasteiger partial charge on any atom is -0.427 e. The molecular weight excluding hydrogens is 464 g/mol. The summed E-state index contributed by atoms with van der Waals surface area (Å²) in [4.78, 5) is 20.8. The number of halogens is 4. The van der Waals surface area contributed by atoms with Gasteiger partial charge in [-0.3, -0.25) is 4.79 Å². The average Bonchev–Trinajstić information content (AvgIpc) is 3.44. The van der Waals surface area contributed by atoms with E-state index in [0.29, 0.717) is 24.7 Å². The van der Waals surface area contributed by atoms with Crippen LogP contribution in [0.3, 0.4) is 0 Å². The van der Waals surface area contributed by atoms with Gasteiger partial charge in [0.2, 0.25) is 0 Å². The first-order valence-corrected chi connectivity index (χ1v) is 12.3. The molecule has 3 aliphatic rings. The third-order valence-electron chi connectivity index (χ3n) is 7.93. The monoisotopic (exact) mass is 496 g/mol. The third kappa shape index (κ3) is 4.84. The van der Waals surface area contributed by atoms with Gasteiger partial charge in [-0.25, -0.2) is 4.39 Å². The molecule has 1 N–H and O–H groups in total. The molecule has 0 radical (unpaired) electrons. The number of oxazole rings is 1. The molecule has 35 heavy (non-hydrogen) atoms. The summed E-state index contributed by atoms with van der Waals surface area (Å²) in [5.41, 5.74) is 0.279. The number of benzene rings is 1. The first-order chi connectivity index (χ1) is 16.6. The number of hydrogen-bond donors (Lipinski definition) is 1. The van der Waals surface area contributed by atoms with Crippen molar-refractivity contribution in [2.45, 2.75) is 52.1 Å². The molecule has 2 atom stereocenters. The summed E-state index contributed by atoms with van der Waals surface area (Å²) in [7, 11) is 0. The van der Waals surface area contributed by atoms with E-state index in [4.69, 9.17) is 4.42 Å². The Morgan fingerprint density at radius 2 is 1.97 bits per heavy atom. The normalized spacial score (nSPS) is 23.0. The second-order valence-electron chi connectivity index (χ2n) is 10.2.